The zero-order valence-electron chi connectivity index (χ0n) is 12.4. The van der Waals surface area contributed by atoms with Gasteiger partial charge in [0.1, 0.15) is 6.61 Å². The van der Waals surface area contributed by atoms with Gasteiger partial charge in [0.05, 0.1) is 0 Å². The van der Waals surface area contributed by atoms with Crippen molar-refractivity contribution < 1.29 is 4.74 Å². The largest absolute Gasteiger partial charge is 0.473 e. The third-order valence-corrected chi connectivity index (χ3v) is 2.85. The van der Waals surface area contributed by atoms with Gasteiger partial charge in [0.15, 0.2) is 0 Å². The van der Waals surface area contributed by atoms with E-state index >= 15 is 0 Å². The lowest BCUT2D eigenvalue weighted by atomic mass is 10.1. The molecule has 0 aliphatic rings. The van der Waals surface area contributed by atoms with Crippen LogP contribution in [0.15, 0.2) is 48.7 Å². The molecule has 0 unspecified atom stereocenters. The number of nitrogens with one attached hydrogen (secondary N) is 1. The van der Waals surface area contributed by atoms with E-state index in [1.165, 1.54) is 5.56 Å². The second-order valence-electron chi connectivity index (χ2n) is 5.88. The van der Waals surface area contributed by atoms with Gasteiger partial charge < -0.3 is 10.1 Å². The quantitative estimate of drug-likeness (QED) is 0.902. The lowest BCUT2D eigenvalue weighted by Gasteiger charge is -2.20. The average Bonchev–Trinajstić information content (AvgIpc) is 2.44. The molecule has 0 amide bonds. The Labute approximate surface area is 121 Å². The molecule has 1 aromatic carbocycles. The summed E-state index contributed by atoms with van der Waals surface area (Å²) in [5, 5.41) is 3.46. The molecule has 1 N–H and O–H groups in total. The zero-order valence-corrected chi connectivity index (χ0v) is 12.4. The molecule has 0 saturated carbocycles. The minimum absolute atomic E-state index is 0.105. The average molecular weight is 270 g/mol. The molecule has 0 saturated heterocycles. The van der Waals surface area contributed by atoms with Gasteiger partial charge in [-0.3, -0.25) is 0 Å². The van der Waals surface area contributed by atoms with Crippen molar-refractivity contribution in [3.05, 3.63) is 59.8 Å². The maximum atomic E-state index is 5.73. The highest BCUT2D eigenvalue weighted by molar-refractivity contribution is 5.21. The maximum absolute atomic E-state index is 5.73. The van der Waals surface area contributed by atoms with Crippen LogP contribution >= 0.6 is 0 Å². The minimum Gasteiger partial charge on any atom is -0.473 e. The van der Waals surface area contributed by atoms with E-state index in [0.717, 1.165) is 12.1 Å². The number of benzene rings is 1. The fourth-order valence-electron chi connectivity index (χ4n) is 1.74. The van der Waals surface area contributed by atoms with E-state index in [1.54, 1.807) is 6.20 Å². The molecular formula is C17H22N2O. The Morgan fingerprint density at radius 1 is 1.05 bits per heavy atom. The summed E-state index contributed by atoms with van der Waals surface area (Å²) in [6.45, 7) is 7.82. The first-order valence-electron chi connectivity index (χ1n) is 6.90. The number of ether oxygens (including phenoxy) is 1. The topological polar surface area (TPSA) is 34.2 Å². The molecule has 0 fully saturated rings. The molecule has 1 heterocycles. The summed E-state index contributed by atoms with van der Waals surface area (Å²) in [5.41, 5.74) is 2.43. The summed E-state index contributed by atoms with van der Waals surface area (Å²) < 4.78 is 5.73. The maximum Gasteiger partial charge on any atom is 0.213 e. The fraction of sp³-hybridized carbons (Fsp3) is 0.353. The Kier molecular flexibility index (Phi) is 4.74. The molecule has 0 atom stereocenters. The van der Waals surface area contributed by atoms with Gasteiger partial charge in [0, 0.05) is 24.3 Å². The standard InChI is InChI=1S/C17H22N2O/c1-17(2,3)19-12-15-9-10-18-16(11-15)20-13-14-7-5-4-6-8-14/h4-11,19H,12-13H2,1-3H3. The molecule has 0 aliphatic carbocycles. The summed E-state index contributed by atoms with van der Waals surface area (Å²) >= 11 is 0. The predicted octanol–water partition coefficient (Wildman–Crippen LogP) is 3.55. The van der Waals surface area contributed by atoms with Crippen LogP contribution in [0.5, 0.6) is 5.88 Å². The molecule has 1 aromatic heterocycles. The van der Waals surface area contributed by atoms with Crippen LogP contribution in [0.4, 0.5) is 0 Å². The lowest BCUT2D eigenvalue weighted by molar-refractivity contribution is 0.293. The molecule has 106 valence electrons. The predicted molar refractivity (Wildman–Crippen MR) is 81.6 cm³/mol. The number of hydrogen-bond donors (Lipinski definition) is 1. The lowest BCUT2D eigenvalue weighted by Crippen LogP contribution is -2.35. The van der Waals surface area contributed by atoms with Crippen molar-refractivity contribution in [1.82, 2.24) is 10.3 Å². The van der Waals surface area contributed by atoms with Gasteiger partial charge in [-0.1, -0.05) is 30.3 Å². The van der Waals surface area contributed by atoms with Crippen LogP contribution in [0.3, 0.4) is 0 Å². The third-order valence-electron chi connectivity index (χ3n) is 2.85. The Morgan fingerprint density at radius 2 is 1.80 bits per heavy atom. The highest BCUT2D eigenvalue weighted by Gasteiger charge is 2.08. The number of aromatic nitrogens is 1. The molecule has 3 heteroatoms. The Balaban J connectivity index is 1.92. The van der Waals surface area contributed by atoms with Gasteiger partial charge >= 0.3 is 0 Å². The van der Waals surface area contributed by atoms with Crippen molar-refractivity contribution >= 4 is 0 Å². The van der Waals surface area contributed by atoms with Crippen molar-refractivity contribution in [2.45, 2.75) is 39.5 Å². The normalized spacial score (nSPS) is 11.3. The van der Waals surface area contributed by atoms with Crippen molar-refractivity contribution in [2.75, 3.05) is 0 Å². The minimum atomic E-state index is 0.105. The molecule has 20 heavy (non-hydrogen) atoms. The second-order valence-corrected chi connectivity index (χ2v) is 5.88. The van der Waals surface area contributed by atoms with Crippen LogP contribution in [0.25, 0.3) is 0 Å². The van der Waals surface area contributed by atoms with Crippen LogP contribution in [0, 0.1) is 0 Å². The SMILES string of the molecule is CC(C)(C)NCc1ccnc(OCc2ccccc2)c1. The van der Waals surface area contributed by atoms with E-state index < -0.39 is 0 Å². The third kappa shape index (κ3) is 5.02. The second kappa shape index (κ2) is 6.53. The monoisotopic (exact) mass is 270 g/mol. The van der Waals surface area contributed by atoms with E-state index in [1.807, 2.05) is 42.5 Å². The fourth-order valence-corrected chi connectivity index (χ4v) is 1.74. The van der Waals surface area contributed by atoms with Crippen LogP contribution in [0.1, 0.15) is 31.9 Å². The van der Waals surface area contributed by atoms with Gasteiger partial charge in [-0.2, -0.15) is 0 Å². The van der Waals surface area contributed by atoms with Gasteiger partial charge in [-0.25, -0.2) is 4.98 Å². The number of rotatable bonds is 5. The summed E-state index contributed by atoms with van der Waals surface area (Å²) in [6, 6.07) is 14.1. The van der Waals surface area contributed by atoms with Crippen molar-refractivity contribution in [3.8, 4) is 5.88 Å². The Hall–Kier alpha value is -1.87. The van der Waals surface area contributed by atoms with Gasteiger partial charge in [0.2, 0.25) is 5.88 Å². The number of pyridine rings is 1. The highest BCUT2D eigenvalue weighted by Crippen LogP contribution is 2.12. The van der Waals surface area contributed by atoms with Crippen molar-refractivity contribution in [3.63, 3.8) is 0 Å². The van der Waals surface area contributed by atoms with Gasteiger partial charge in [0.25, 0.3) is 0 Å². The zero-order chi connectivity index (χ0) is 14.4. The number of hydrogen-bond acceptors (Lipinski definition) is 3. The molecule has 0 radical (unpaired) electrons. The van der Waals surface area contributed by atoms with Gasteiger partial charge in [-0.15, -0.1) is 0 Å². The first kappa shape index (κ1) is 14.5. The van der Waals surface area contributed by atoms with Crippen LogP contribution in [-0.4, -0.2) is 10.5 Å². The van der Waals surface area contributed by atoms with Crippen LogP contribution in [0.2, 0.25) is 0 Å². The van der Waals surface area contributed by atoms with Crippen LogP contribution in [-0.2, 0) is 13.2 Å². The summed E-state index contributed by atoms with van der Waals surface area (Å²) in [7, 11) is 0. The van der Waals surface area contributed by atoms with E-state index in [4.69, 9.17) is 4.74 Å². The Bertz CT molecular complexity index is 532. The first-order valence-corrected chi connectivity index (χ1v) is 6.90. The van der Waals surface area contributed by atoms with E-state index in [0.29, 0.717) is 12.5 Å². The summed E-state index contributed by atoms with van der Waals surface area (Å²) in [4.78, 5) is 4.25. The molecule has 2 aromatic rings. The molecule has 2 rings (SSSR count). The molecular weight excluding hydrogens is 248 g/mol. The first-order chi connectivity index (χ1) is 9.53. The molecule has 0 aliphatic heterocycles. The molecule has 0 bridgehead atoms. The molecule has 3 nitrogen and oxygen atoms in total. The Morgan fingerprint density at radius 3 is 2.50 bits per heavy atom. The smallest absolute Gasteiger partial charge is 0.213 e. The van der Waals surface area contributed by atoms with E-state index in [2.05, 4.69) is 31.1 Å². The van der Waals surface area contributed by atoms with Crippen molar-refractivity contribution in [1.29, 1.82) is 0 Å². The van der Waals surface area contributed by atoms with Crippen molar-refractivity contribution in [2.24, 2.45) is 0 Å². The summed E-state index contributed by atoms with van der Waals surface area (Å²) in [5.74, 6) is 0.669. The summed E-state index contributed by atoms with van der Waals surface area (Å²) in [6.07, 6.45) is 1.79. The van der Waals surface area contributed by atoms with Crippen LogP contribution < -0.4 is 10.1 Å². The van der Waals surface area contributed by atoms with E-state index in [-0.39, 0.29) is 5.54 Å². The van der Waals surface area contributed by atoms with E-state index in [9.17, 15) is 0 Å². The molecule has 0 spiro atoms. The van der Waals surface area contributed by atoms with Gasteiger partial charge in [-0.05, 0) is 38.0 Å². The number of nitrogens with zero attached hydrogens (tertiary/aromatic N) is 1. The highest BCUT2D eigenvalue weighted by atomic mass is 16.5.